The van der Waals surface area contributed by atoms with E-state index < -0.39 is 0 Å². The number of hydrogen-bond acceptors (Lipinski definition) is 1. The highest BCUT2D eigenvalue weighted by Crippen LogP contribution is 2.40. The monoisotopic (exact) mass is 299 g/mol. The minimum atomic E-state index is 0.0374. The largest absolute Gasteiger partial charge is 0.343 e. The summed E-state index contributed by atoms with van der Waals surface area (Å²) in [4.78, 5) is 14.4. The van der Waals surface area contributed by atoms with Crippen LogP contribution in [0.25, 0.3) is 0 Å². The summed E-state index contributed by atoms with van der Waals surface area (Å²) in [5, 5.41) is 0. The number of carbonyl (C=O) groups is 1. The van der Waals surface area contributed by atoms with Crippen molar-refractivity contribution in [2.24, 2.45) is 11.3 Å². The predicted molar refractivity (Wildman–Crippen MR) is 93.5 cm³/mol. The molecular weight excluding hydrogens is 270 g/mol. The van der Waals surface area contributed by atoms with Crippen LogP contribution in [0.1, 0.15) is 46.0 Å². The van der Waals surface area contributed by atoms with Crippen molar-refractivity contribution in [1.82, 2.24) is 4.90 Å². The molecule has 1 aliphatic carbocycles. The summed E-state index contributed by atoms with van der Waals surface area (Å²) >= 11 is 0. The van der Waals surface area contributed by atoms with Gasteiger partial charge in [-0.25, -0.2) is 0 Å². The van der Waals surface area contributed by atoms with Crippen LogP contribution in [0.4, 0.5) is 0 Å². The Morgan fingerprint density at radius 1 is 1.32 bits per heavy atom. The van der Waals surface area contributed by atoms with Crippen molar-refractivity contribution in [2.75, 3.05) is 13.1 Å². The molecule has 0 aromatic heterocycles. The van der Waals surface area contributed by atoms with Gasteiger partial charge in [0, 0.05) is 24.9 Å². The zero-order valence-electron chi connectivity index (χ0n) is 14.1. The second-order valence-corrected chi connectivity index (χ2v) is 6.71. The Morgan fingerprint density at radius 3 is 2.73 bits per heavy atom. The summed E-state index contributed by atoms with van der Waals surface area (Å²) in [5.74, 6) is 0.802. The molecule has 0 saturated carbocycles. The first-order valence-electron chi connectivity index (χ1n) is 8.55. The smallest absolute Gasteiger partial charge is 0.222 e. The number of amides is 1. The number of nitrogens with zero attached hydrogens (tertiary/aromatic N) is 1. The van der Waals surface area contributed by atoms with Gasteiger partial charge in [0.25, 0.3) is 0 Å². The maximum Gasteiger partial charge on any atom is 0.222 e. The van der Waals surface area contributed by atoms with E-state index in [2.05, 4.69) is 56.9 Å². The topological polar surface area (TPSA) is 20.3 Å². The van der Waals surface area contributed by atoms with Crippen LogP contribution in [0.15, 0.2) is 48.6 Å². The van der Waals surface area contributed by atoms with Gasteiger partial charge in [-0.3, -0.25) is 4.79 Å². The summed E-state index contributed by atoms with van der Waals surface area (Å²) in [7, 11) is 0. The molecule has 2 heteroatoms. The standard InChI is InChI=1S/C20H29NO/c1-4-17(2)16-19(22)21-14-12-20(13-15-21)11-9-7-5-6-8-10-18(20)3/h5-6,8-11,17H,3-4,7,12-16H2,1-2H3/b6-5-,10-8-,11-9-/t17-/m0/s1. The number of rotatable bonds is 3. The molecule has 2 nitrogen and oxygen atoms in total. The lowest BCUT2D eigenvalue weighted by Gasteiger charge is -2.41. The van der Waals surface area contributed by atoms with Gasteiger partial charge in [0.2, 0.25) is 5.91 Å². The molecule has 1 aliphatic heterocycles. The van der Waals surface area contributed by atoms with Crippen LogP contribution in [-0.4, -0.2) is 23.9 Å². The fourth-order valence-corrected chi connectivity index (χ4v) is 3.19. The molecule has 2 rings (SSSR count). The van der Waals surface area contributed by atoms with Gasteiger partial charge in [0.15, 0.2) is 0 Å². The third kappa shape index (κ3) is 4.00. The summed E-state index contributed by atoms with van der Waals surface area (Å²) in [6.45, 7) is 10.3. The van der Waals surface area contributed by atoms with Crippen LogP contribution < -0.4 is 0 Å². The highest BCUT2D eigenvalue weighted by atomic mass is 16.2. The van der Waals surface area contributed by atoms with Crippen LogP contribution in [0.2, 0.25) is 0 Å². The normalized spacial score (nSPS) is 26.6. The van der Waals surface area contributed by atoms with E-state index in [0.717, 1.165) is 38.8 Å². The second kappa shape index (κ2) is 7.62. The van der Waals surface area contributed by atoms with Gasteiger partial charge in [0.05, 0.1) is 0 Å². The van der Waals surface area contributed by atoms with Gasteiger partial charge in [-0.15, -0.1) is 0 Å². The molecule has 1 fully saturated rings. The summed E-state index contributed by atoms with van der Waals surface area (Å²) in [5.41, 5.74) is 1.21. The van der Waals surface area contributed by atoms with Gasteiger partial charge in [-0.05, 0) is 30.8 Å². The average Bonchev–Trinajstić information content (AvgIpc) is 2.61. The molecular formula is C20H29NO. The Labute approximate surface area is 135 Å². The number of piperidine rings is 1. The van der Waals surface area contributed by atoms with Crippen LogP contribution in [-0.2, 0) is 4.79 Å². The first kappa shape index (κ1) is 16.8. The molecule has 22 heavy (non-hydrogen) atoms. The molecule has 120 valence electrons. The summed E-state index contributed by atoms with van der Waals surface area (Å²) < 4.78 is 0. The average molecular weight is 299 g/mol. The lowest BCUT2D eigenvalue weighted by Crippen LogP contribution is -2.43. The highest BCUT2D eigenvalue weighted by molar-refractivity contribution is 5.76. The van der Waals surface area contributed by atoms with Crippen molar-refractivity contribution in [2.45, 2.75) is 46.0 Å². The van der Waals surface area contributed by atoms with Gasteiger partial charge in [0.1, 0.15) is 0 Å². The summed E-state index contributed by atoms with van der Waals surface area (Å²) in [6.07, 6.45) is 17.7. The number of allylic oxidation sites excluding steroid dienone is 7. The zero-order chi connectivity index (χ0) is 16.0. The van der Waals surface area contributed by atoms with Gasteiger partial charge >= 0.3 is 0 Å². The fraction of sp³-hybridized carbons (Fsp3) is 0.550. The second-order valence-electron chi connectivity index (χ2n) is 6.71. The molecule has 1 atom stereocenters. The molecule has 1 amide bonds. The Bertz CT molecular complexity index is 490. The van der Waals surface area contributed by atoms with Crippen molar-refractivity contribution in [3.05, 3.63) is 48.6 Å². The molecule has 0 radical (unpaired) electrons. The van der Waals surface area contributed by atoms with Crippen LogP contribution in [0, 0.1) is 11.3 Å². The molecule has 1 spiro atoms. The predicted octanol–water partition coefficient (Wildman–Crippen LogP) is 4.66. The Kier molecular flexibility index (Phi) is 5.82. The minimum absolute atomic E-state index is 0.0374. The SMILES string of the molecule is C=C1/C=C\C=C/C/C=C\C12CCN(C(=O)C[C@@H](C)CC)CC2. The van der Waals surface area contributed by atoms with Crippen molar-refractivity contribution in [1.29, 1.82) is 0 Å². The van der Waals surface area contributed by atoms with E-state index in [4.69, 9.17) is 0 Å². The van der Waals surface area contributed by atoms with E-state index in [9.17, 15) is 4.79 Å². The number of likely N-dealkylation sites (tertiary alicyclic amines) is 1. The zero-order valence-corrected chi connectivity index (χ0v) is 14.1. The van der Waals surface area contributed by atoms with Crippen LogP contribution in [0.3, 0.4) is 0 Å². The van der Waals surface area contributed by atoms with Gasteiger partial charge < -0.3 is 4.90 Å². The third-order valence-electron chi connectivity index (χ3n) is 5.12. The number of hydrogen-bond donors (Lipinski definition) is 0. The maximum atomic E-state index is 12.4. The quantitative estimate of drug-likeness (QED) is 0.694. The molecule has 0 unspecified atom stereocenters. The van der Waals surface area contributed by atoms with Crippen molar-refractivity contribution < 1.29 is 4.79 Å². The van der Waals surface area contributed by atoms with Crippen molar-refractivity contribution in [3.8, 4) is 0 Å². The Morgan fingerprint density at radius 2 is 2.05 bits per heavy atom. The summed E-state index contributed by atoms with van der Waals surface area (Å²) in [6, 6.07) is 0. The molecule has 0 N–H and O–H groups in total. The minimum Gasteiger partial charge on any atom is -0.343 e. The van der Waals surface area contributed by atoms with E-state index in [1.165, 1.54) is 5.57 Å². The van der Waals surface area contributed by atoms with Crippen molar-refractivity contribution in [3.63, 3.8) is 0 Å². The lowest BCUT2D eigenvalue weighted by atomic mass is 9.72. The highest BCUT2D eigenvalue weighted by Gasteiger charge is 2.35. The van der Waals surface area contributed by atoms with E-state index in [1.54, 1.807) is 0 Å². The van der Waals surface area contributed by atoms with Gasteiger partial charge in [-0.1, -0.05) is 63.3 Å². The van der Waals surface area contributed by atoms with Crippen LogP contribution in [0.5, 0.6) is 0 Å². The fourth-order valence-electron chi connectivity index (χ4n) is 3.19. The van der Waals surface area contributed by atoms with Crippen molar-refractivity contribution >= 4 is 5.91 Å². The molecule has 0 bridgehead atoms. The number of carbonyl (C=O) groups excluding carboxylic acids is 1. The molecule has 1 saturated heterocycles. The Hall–Kier alpha value is -1.57. The Balaban J connectivity index is 2.01. The first-order chi connectivity index (χ1) is 10.6. The van der Waals surface area contributed by atoms with E-state index in [1.807, 2.05) is 4.90 Å². The molecule has 1 heterocycles. The molecule has 0 aromatic rings. The van der Waals surface area contributed by atoms with E-state index in [0.29, 0.717) is 18.2 Å². The molecule has 2 aliphatic rings. The first-order valence-corrected chi connectivity index (χ1v) is 8.55. The molecule has 0 aromatic carbocycles. The van der Waals surface area contributed by atoms with E-state index >= 15 is 0 Å². The maximum absolute atomic E-state index is 12.4. The van der Waals surface area contributed by atoms with Crippen LogP contribution >= 0.6 is 0 Å². The lowest BCUT2D eigenvalue weighted by molar-refractivity contribution is -0.133. The van der Waals surface area contributed by atoms with E-state index in [-0.39, 0.29) is 5.41 Å². The third-order valence-corrected chi connectivity index (χ3v) is 5.12. The van der Waals surface area contributed by atoms with Gasteiger partial charge in [-0.2, -0.15) is 0 Å².